The molecule has 1 fully saturated rings. The summed E-state index contributed by atoms with van der Waals surface area (Å²) in [5, 5.41) is 7.62. The van der Waals surface area contributed by atoms with E-state index in [1.54, 1.807) is 0 Å². The SMILES string of the molecule is CCC(C)NC(=O)CCNC(=O)C1CCN(C(=O)c2cccs2)CC1. The van der Waals surface area contributed by atoms with Crippen LogP contribution in [-0.4, -0.2) is 48.3 Å². The molecule has 0 aliphatic carbocycles. The predicted octanol–water partition coefficient (Wildman–Crippen LogP) is 2.02. The van der Waals surface area contributed by atoms with Gasteiger partial charge in [0, 0.05) is 38.0 Å². The fourth-order valence-electron chi connectivity index (χ4n) is 2.79. The summed E-state index contributed by atoms with van der Waals surface area (Å²) in [4.78, 5) is 38.8. The Morgan fingerprint density at radius 2 is 2.04 bits per heavy atom. The highest BCUT2D eigenvalue weighted by molar-refractivity contribution is 7.12. The maximum atomic E-state index is 12.3. The summed E-state index contributed by atoms with van der Waals surface area (Å²) < 4.78 is 0. The molecule has 1 unspecified atom stereocenters. The molecule has 1 saturated heterocycles. The number of piperidine rings is 1. The van der Waals surface area contributed by atoms with Gasteiger partial charge in [0.25, 0.3) is 5.91 Å². The van der Waals surface area contributed by atoms with Gasteiger partial charge >= 0.3 is 0 Å². The largest absolute Gasteiger partial charge is 0.355 e. The average molecular weight is 365 g/mol. The number of carbonyl (C=O) groups excluding carboxylic acids is 3. The lowest BCUT2D eigenvalue weighted by atomic mass is 9.95. The van der Waals surface area contributed by atoms with Crippen LogP contribution in [0.3, 0.4) is 0 Å². The minimum atomic E-state index is -0.0787. The maximum absolute atomic E-state index is 12.3. The van der Waals surface area contributed by atoms with E-state index in [-0.39, 0.29) is 29.7 Å². The van der Waals surface area contributed by atoms with Crippen molar-refractivity contribution in [2.75, 3.05) is 19.6 Å². The van der Waals surface area contributed by atoms with Crippen LogP contribution in [0.2, 0.25) is 0 Å². The molecule has 138 valence electrons. The van der Waals surface area contributed by atoms with Crippen molar-refractivity contribution in [3.63, 3.8) is 0 Å². The number of rotatable bonds is 7. The van der Waals surface area contributed by atoms with E-state index in [0.29, 0.717) is 38.9 Å². The summed E-state index contributed by atoms with van der Waals surface area (Å²) in [5.74, 6) is -0.0776. The molecule has 2 rings (SSSR count). The lowest BCUT2D eigenvalue weighted by molar-refractivity contribution is -0.126. The van der Waals surface area contributed by atoms with Crippen molar-refractivity contribution in [3.05, 3.63) is 22.4 Å². The first-order chi connectivity index (χ1) is 12.0. The lowest BCUT2D eigenvalue weighted by Crippen LogP contribution is -2.43. The number of nitrogens with zero attached hydrogens (tertiary/aromatic N) is 1. The van der Waals surface area contributed by atoms with Crippen molar-refractivity contribution >= 4 is 29.1 Å². The molecule has 1 aliphatic heterocycles. The van der Waals surface area contributed by atoms with Gasteiger partial charge in [-0.2, -0.15) is 0 Å². The first-order valence-electron chi connectivity index (χ1n) is 8.91. The Labute approximate surface area is 153 Å². The van der Waals surface area contributed by atoms with Crippen LogP contribution in [0.15, 0.2) is 17.5 Å². The van der Waals surface area contributed by atoms with Crippen molar-refractivity contribution in [1.29, 1.82) is 0 Å². The van der Waals surface area contributed by atoms with Gasteiger partial charge in [-0.3, -0.25) is 14.4 Å². The van der Waals surface area contributed by atoms with Gasteiger partial charge in [0.2, 0.25) is 11.8 Å². The molecule has 1 aliphatic rings. The summed E-state index contributed by atoms with van der Waals surface area (Å²) >= 11 is 1.44. The van der Waals surface area contributed by atoms with E-state index >= 15 is 0 Å². The van der Waals surface area contributed by atoms with Crippen LogP contribution in [0.4, 0.5) is 0 Å². The summed E-state index contributed by atoms with van der Waals surface area (Å²) in [6.07, 6.45) is 2.52. The Kier molecular flexibility index (Phi) is 7.43. The van der Waals surface area contributed by atoms with E-state index < -0.39 is 0 Å². The highest BCUT2D eigenvalue weighted by Gasteiger charge is 2.28. The molecular weight excluding hydrogens is 338 g/mol. The van der Waals surface area contributed by atoms with Gasteiger partial charge < -0.3 is 15.5 Å². The first kappa shape index (κ1) is 19.4. The van der Waals surface area contributed by atoms with E-state index in [1.165, 1.54) is 11.3 Å². The fraction of sp³-hybridized carbons (Fsp3) is 0.611. The second-order valence-electron chi connectivity index (χ2n) is 6.46. The van der Waals surface area contributed by atoms with E-state index in [1.807, 2.05) is 36.3 Å². The topological polar surface area (TPSA) is 78.5 Å². The predicted molar refractivity (Wildman–Crippen MR) is 98.5 cm³/mol. The fourth-order valence-corrected chi connectivity index (χ4v) is 3.48. The summed E-state index contributed by atoms with van der Waals surface area (Å²) in [6, 6.07) is 3.86. The molecule has 1 atom stereocenters. The lowest BCUT2D eigenvalue weighted by Gasteiger charge is -2.31. The Morgan fingerprint density at radius 1 is 1.32 bits per heavy atom. The van der Waals surface area contributed by atoms with Crippen molar-refractivity contribution < 1.29 is 14.4 Å². The smallest absolute Gasteiger partial charge is 0.263 e. The zero-order chi connectivity index (χ0) is 18.2. The number of amides is 3. The van der Waals surface area contributed by atoms with E-state index in [4.69, 9.17) is 0 Å². The average Bonchev–Trinajstić information content (AvgIpc) is 3.15. The van der Waals surface area contributed by atoms with Crippen LogP contribution < -0.4 is 10.6 Å². The molecule has 0 saturated carbocycles. The van der Waals surface area contributed by atoms with Crippen LogP contribution in [0.25, 0.3) is 0 Å². The van der Waals surface area contributed by atoms with Gasteiger partial charge in [-0.25, -0.2) is 0 Å². The van der Waals surface area contributed by atoms with Crippen molar-refractivity contribution in [2.45, 2.75) is 45.6 Å². The Morgan fingerprint density at radius 3 is 2.64 bits per heavy atom. The summed E-state index contributed by atoms with van der Waals surface area (Å²) in [6.45, 7) is 5.53. The molecule has 3 amide bonds. The second-order valence-corrected chi connectivity index (χ2v) is 7.41. The Hall–Kier alpha value is -1.89. The molecule has 25 heavy (non-hydrogen) atoms. The van der Waals surface area contributed by atoms with Gasteiger partial charge in [0.1, 0.15) is 0 Å². The zero-order valence-corrected chi connectivity index (χ0v) is 15.7. The van der Waals surface area contributed by atoms with Gasteiger partial charge in [-0.15, -0.1) is 11.3 Å². The first-order valence-corrected chi connectivity index (χ1v) is 9.79. The van der Waals surface area contributed by atoms with E-state index in [0.717, 1.165) is 11.3 Å². The summed E-state index contributed by atoms with van der Waals surface area (Å²) in [5.41, 5.74) is 0. The van der Waals surface area contributed by atoms with Crippen LogP contribution in [-0.2, 0) is 9.59 Å². The molecule has 6 nitrogen and oxygen atoms in total. The molecule has 2 N–H and O–H groups in total. The Bertz CT molecular complexity index is 580. The third kappa shape index (κ3) is 5.85. The van der Waals surface area contributed by atoms with E-state index in [9.17, 15) is 14.4 Å². The zero-order valence-electron chi connectivity index (χ0n) is 14.9. The molecule has 0 radical (unpaired) electrons. The van der Waals surface area contributed by atoms with Crippen molar-refractivity contribution in [1.82, 2.24) is 15.5 Å². The third-order valence-electron chi connectivity index (χ3n) is 4.56. The molecule has 0 aromatic carbocycles. The van der Waals surface area contributed by atoms with Crippen LogP contribution in [0.1, 0.15) is 49.2 Å². The third-order valence-corrected chi connectivity index (χ3v) is 5.41. The van der Waals surface area contributed by atoms with Crippen LogP contribution in [0, 0.1) is 5.92 Å². The quantitative estimate of drug-likeness (QED) is 0.776. The van der Waals surface area contributed by atoms with Gasteiger partial charge in [0.15, 0.2) is 0 Å². The maximum Gasteiger partial charge on any atom is 0.263 e. The Balaban J connectivity index is 1.67. The molecule has 7 heteroatoms. The van der Waals surface area contributed by atoms with Gasteiger partial charge in [0.05, 0.1) is 4.88 Å². The minimum Gasteiger partial charge on any atom is -0.355 e. The second kappa shape index (κ2) is 9.56. The van der Waals surface area contributed by atoms with Crippen LogP contribution >= 0.6 is 11.3 Å². The molecular formula is C18H27N3O3S. The van der Waals surface area contributed by atoms with Crippen molar-refractivity contribution in [2.24, 2.45) is 5.92 Å². The highest BCUT2D eigenvalue weighted by Crippen LogP contribution is 2.20. The number of nitrogens with one attached hydrogen (secondary N) is 2. The standard InChI is InChI=1S/C18H27N3O3S/c1-3-13(2)20-16(22)6-9-19-17(23)14-7-10-21(11-8-14)18(24)15-5-4-12-25-15/h4-5,12-14H,3,6-11H2,1-2H3,(H,19,23)(H,20,22). The van der Waals surface area contributed by atoms with Crippen molar-refractivity contribution in [3.8, 4) is 0 Å². The number of likely N-dealkylation sites (tertiary alicyclic amines) is 1. The molecule has 1 aromatic heterocycles. The molecule has 0 spiro atoms. The monoisotopic (exact) mass is 365 g/mol. The van der Waals surface area contributed by atoms with Gasteiger partial charge in [-0.05, 0) is 37.6 Å². The van der Waals surface area contributed by atoms with E-state index in [2.05, 4.69) is 10.6 Å². The summed E-state index contributed by atoms with van der Waals surface area (Å²) in [7, 11) is 0. The normalized spacial score (nSPS) is 16.3. The molecule has 2 heterocycles. The number of hydrogen-bond donors (Lipinski definition) is 2. The number of carbonyl (C=O) groups is 3. The van der Waals surface area contributed by atoms with Crippen LogP contribution in [0.5, 0.6) is 0 Å². The highest BCUT2D eigenvalue weighted by atomic mass is 32.1. The number of thiophene rings is 1. The molecule has 1 aromatic rings. The minimum absolute atomic E-state index is 0.0143. The molecule has 0 bridgehead atoms. The number of hydrogen-bond acceptors (Lipinski definition) is 4. The van der Waals surface area contributed by atoms with Gasteiger partial charge in [-0.1, -0.05) is 13.0 Å².